The van der Waals surface area contributed by atoms with E-state index in [0.717, 1.165) is 44.7 Å². The van der Waals surface area contributed by atoms with Gasteiger partial charge in [-0.05, 0) is 42.3 Å². The van der Waals surface area contributed by atoms with Crippen molar-refractivity contribution in [2.45, 2.75) is 6.42 Å². The summed E-state index contributed by atoms with van der Waals surface area (Å²) in [6.45, 7) is 6.10. The first-order valence-corrected chi connectivity index (χ1v) is 10.1. The molecule has 0 bridgehead atoms. The van der Waals surface area contributed by atoms with Crippen LogP contribution < -0.4 is 20.7 Å². The Balaban J connectivity index is 1.40. The molecular weight excluding hydrogens is 368 g/mol. The summed E-state index contributed by atoms with van der Waals surface area (Å²) in [5, 5.41) is 9.10. The topological polar surface area (TPSA) is 82.7 Å². The zero-order valence-electron chi connectivity index (χ0n) is 16.4. The number of rotatable bonds is 6. The Morgan fingerprint density at radius 3 is 2.79 bits per heavy atom. The molecule has 3 N–H and O–H groups in total. The van der Waals surface area contributed by atoms with Gasteiger partial charge in [0.1, 0.15) is 12.4 Å². The highest BCUT2D eigenvalue weighted by molar-refractivity contribution is 6.06. The molecule has 0 radical (unpaired) electrons. The lowest BCUT2D eigenvalue weighted by Gasteiger charge is -2.27. The molecule has 2 aromatic rings. The molecule has 0 saturated carbocycles. The van der Waals surface area contributed by atoms with Gasteiger partial charge in [-0.15, -0.1) is 0 Å². The molecule has 1 saturated heterocycles. The molecule has 4 rings (SSSR count). The van der Waals surface area contributed by atoms with E-state index < -0.39 is 0 Å². The lowest BCUT2D eigenvalue weighted by molar-refractivity contribution is 0.0944. The second-order valence-corrected chi connectivity index (χ2v) is 7.27. The Kier molecular flexibility index (Phi) is 6.07. The summed E-state index contributed by atoms with van der Waals surface area (Å²) in [6.07, 6.45) is 0.730. The van der Waals surface area contributed by atoms with E-state index in [1.807, 2.05) is 24.3 Å². The van der Waals surface area contributed by atoms with Crippen molar-refractivity contribution in [2.24, 2.45) is 0 Å². The van der Waals surface area contributed by atoms with Crippen molar-refractivity contribution >= 4 is 17.5 Å². The summed E-state index contributed by atoms with van der Waals surface area (Å²) in [5.41, 5.74) is 2.73. The predicted molar refractivity (Wildman–Crippen MR) is 112 cm³/mol. The van der Waals surface area contributed by atoms with Crippen molar-refractivity contribution in [2.75, 3.05) is 51.2 Å². The number of ether oxygens (including phenoxy) is 1. The summed E-state index contributed by atoms with van der Waals surface area (Å²) in [6, 6.07) is 12.7. The molecule has 7 nitrogen and oxygen atoms in total. The molecule has 29 heavy (non-hydrogen) atoms. The molecule has 2 heterocycles. The van der Waals surface area contributed by atoms with E-state index in [9.17, 15) is 9.59 Å². The predicted octanol–water partition coefficient (Wildman–Crippen LogP) is 1.51. The molecule has 0 spiro atoms. The van der Waals surface area contributed by atoms with Gasteiger partial charge in [0.2, 0.25) is 0 Å². The number of hydrogen-bond acceptors (Lipinski definition) is 5. The number of para-hydroxylation sites is 2. The molecule has 2 aromatic carbocycles. The van der Waals surface area contributed by atoms with Crippen molar-refractivity contribution in [3.63, 3.8) is 0 Å². The minimum absolute atomic E-state index is 0.0820. The van der Waals surface area contributed by atoms with Gasteiger partial charge in [-0.2, -0.15) is 0 Å². The van der Waals surface area contributed by atoms with Gasteiger partial charge >= 0.3 is 0 Å². The highest BCUT2D eigenvalue weighted by Crippen LogP contribution is 2.25. The Bertz CT molecular complexity index is 893. The zero-order valence-corrected chi connectivity index (χ0v) is 16.4. The first-order chi connectivity index (χ1) is 14.2. The van der Waals surface area contributed by atoms with E-state index in [1.165, 1.54) is 0 Å². The zero-order chi connectivity index (χ0) is 20.1. The number of carbonyl (C=O) groups is 2. The molecule has 1 fully saturated rings. The van der Waals surface area contributed by atoms with E-state index in [-0.39, 0.29) is 11.8 Å². The van der Waals surface area contributed by atoms with Gasteiger partial charge in [-0.1, -0.05) is 12.1 Å². The molecule has 0 aromatic heterocycles. The van der Waals surface area contributed by atoms with Gasteiger partial charge in [0.05, 0.1) is 5.69 Å². The SMILES string of the molecule is O=C(Nc1ccccc1OCCN1CCNCC1)c1ccc2c(c1)CCNC2=O. The third-order valence-electron chi connectivity index (χ3n) is 5.30. The quantitative estimate of drug-likeness (QED) is 0.692. The average Bonchev–Trinajstić information content (AvgIpc) is 2.75. The average molecular weight is 394 g/mol. The lowest BCUT2D eigenvalue weighted by Crippen LogP contribution is -2.44. The van der Waals surface area contributed by atoms with Crippen LogP contribution in [0, 0.1) is 0 Å². The summed E-state index contributed by atoms with van der Waals surface area (Å²) in [4.78, 5) is 27.0. The highest BCUT2D eigenvalue weighted by Gasteiger charge is 2.19. The molecule has 7 heteroatoms. The van der Waals surface area contributed by atoms with Crippen molar-refractivity contribution in [1.82, 2.24) is 15.5 Å². The second-order valence-electron chi connectivity index (χ2n) is 7.27. The standard InChI is InChI=1S/C22H26N4O3/c27-21(17-5-6-18-16(15-17)7-8-24-22(18)28)25-19-3-1-2-4-20(19)29-14-13-26-11-9-23-10-12-26/h1-6,15,23H,7-14H2,(H,24,28)(H,25,27). The molecule has 0 atom stereocenters. The Hall–Kier alpha value is -2.90. The van der Waals surface area contributed by atoms with Crippen LogP contribution in [-0.2, 0) is 6.42 Å². The molecule has 0 aliphatic carbocycles. The molecule has 2 aliphatic rings. The Labute approximate surface area is 170 Å². The second kappa shape index (κ2) is 9.07. The Morgan fingerprint density at radius 2 is 1.93 bits per heavy atom. The number of nitrogens with one attached hydrogen (secondary N) is 3. The van der Waals surface area contributed by atoms with Crippen LogP contribution in [0.25, 0.3) is 0 Å². The van der Waals surface area contributed by atoms with E-state index in [1.54, 1.807) is 18.2 Å². The molecule has 2 aliphatic heterocycles. The fourth-order valence-corrected chi connectivity index (χ4v) is 3.68. The van der Waals surface area contributed by atoms with E-state index in [4.69, 9.17) is 4.74 Å². The van der Waals surface area contributed by atoms with Gasteiger partial charge in [-0.25, -0.2) is 0 Å². The van der Waals surface area contributed by atoms with Crippen LogP contribution in [0.4, 0.5) is 5.69 Å². The number of carbonyl (C=O) groups excluding carboxylic acids is 2. The number of piperazine rings is 1. The summed E-state index contributed by atoms with van der Waals surface area (Å²) >= 11 is 0. The van der Waals surface area contributed by atoms with Gasteiger partial charge in [0.25, 0.3) is 11.8 Å². The molecule has 152 valence electrons. The van der Waals surface area contributed by atoms with Crippen molar-refractivity contribution in [3.05, 3.63) is 59.2 Å². The van der Waals surface area contributed by atoms with Crippen molar-refractivity contribution < 1.29 is 14.3 Å². The lowest BCUT2D eigenvalue weighted by atomic mass is 9.97. The minimum atomic E-state index is -0.211. The number of nitrogens with zero attached hydrogens (tertiary/aromatic N) is 1. The third-order valence-corrected chi connectivity index (χ3v) is 5.30. The summed E-state index contributed by atoms with van der Waals surface area (Å²) in [7, 11) is 0. The number of amides is 2. The van der Waals surface area contributed by atoms with E-state index in [0.29, 0.717) is 35.7 Å². The van der Waals surface area contributed by atoms with Crippen LogP contribution in [0.2, 0.25) is 0 Å². The molecule has 2 amide bonds. The highest BCUT2D eigenvalue weighted by atomic mass is 16.5. The normalized spacial score (nSPS) is 16.6. The Morgan fingerprint density at radius 1 is 1.10 bits per heavy atom. The third kappa shape index (κ3) is 4.75. The smallest absolute Gasteiger partial charge is 0.255 e. The van der Waals surface area contributed by atoms with Crippen LogP contribution in [0.1, 0.15) is 26.3 Å². The number of fused-ring (bicyclic) bond motifs is 1. The fraction of sp³-hybridized carbons (Fsp3) is 0.364. The van der Waals surface area contributed by atoms with Crippen LogP contribution in [0.15, 0.2) is 42.5 Å². The van der Waals surface area contributed by atoms with Gasteiger partial charge in [-0.3, -0.25) is 14.5 Å². The summed E-state index contributed by atoms with van der Waals surface area (Å²) < 4.78 is 5.95. The molecule has 0 unspecified atom stereocenters. The van der Waals surface area contributed by atoms with Crippen LogP contribution >= 0.6 is 0 Å². The van der Waals surface area contributed by atoms with Gasteiger partial charge < -0.3 is 20.7 Å². The maximum atomic E-state index is 12.8. The fourth-order valence-electron chi connectivity index (χ4n) is 3.68. The minimum Gasteiger partial charge on any atom is -0.490 e. The maximum absolute atomic E-state index is 12.8. The van der Waals surface area contributed by atoms with E-state index >= 15 is 0 Å². The first kappa shape index (κ1) is 19.4. The van der Waals surface area contributed by atoms with Gasteiger partial charge in [0.15, 0.2) is 0 Å². The summed E-state index contributed by atoms with van der Waals surface area (Å²) in [5.74, 6) is 0.367. The van der Waals surface area contributed by atoms with Crippen LogP contribution in [0.5, 0.6) is 5.75 Å². The van der Waals surface area contributed by atoms with Gasteiger partial charge in [0, 0.05) is 50.4 Å². The molecular formula is C22H26N4O3. The van der Waals surface area contributed by atoms with Crippen molar-refractivity contribution in [1.29, 1.82) is 0 Å². The number of benzene rings is 2. The van der Waals surface area contributed by atoms with E-state index in [2.05, 4.69) is 20.9 Å². The van der Waals surface area contributed by atoms with Crippen LogP contribution in [-0.4, -0.2) is 62.6 Å². The number of hydrogen-bond donors (Lipinski definition) is 3. The van der Waals surface area contributed by atoms with Crippen molar-refractivity contribution in [3.8, 4) is 5.75 Å². The maximum Gasteiger partial charge on any atom is 0.255 e. The number of anilines is 1. The first-order valence-electron chi connectivity index (χ1n) is 10.1. The van der Waals surface area contributed by atoms with Crippen LogP contribution in [0.3, 0.4) is 0 Å². The largest absolute Gasteiger partial charge is 0.490 e. The monoisotopic (exact) mass is 394 g/mol.